The number of hydrogen-bond acceptors (Lipinski definition) is 3. The van der Waals surface area contributed by atoms with Gasteiger partial charge in [0, 0.05) is 6.04 Å². The van der Waals surface area contributed by atoms with Gasteiger partial charge in [-0.1, -0.05) is 36.5 Å². The fourth-order valence-electron chi connectivity index (χ4n) is 1.94. The van der Waals surface area contributed by atoms with Crippen molar-refractivity contribution in [3.63, 3.8) is 0 Å². The first kappa shape index (κ1) is 15.8. The van der Waals surface area contributed by atoms with E-state index in [9.17, 15) is 9.90 Å². The average molecular weight is 310 g/mol. The van der Waals surface area contributed by atoms with Crippen molar-refractivity contribution >= 4 is 40.5 Å². The Morgan fingerprint density at radius 2 is 2.22 bits per heavy atom. The topological polar surface area (TPSA) is 49.3 Å². The second kappa shape index (κ2) is 6.24. The second-order valence-electron chi connectivity index (χ2n) is 4.53. The van der Waals surface area contributed by atoms with Crippen molar-refractivity contribution in [2.24, 2.45) is 0 Å². The molecular formula is C12H17Cl2NO2S. The van der Waals surface area contributed by atoms with E-state index >= 15 is 0 Å². The molecule has 0 amide bonds. The van der Waals surface area contributed by atoms with Crippen molar-refractivity contribution in [2.75, 3.05) is 0 Å². The fraction of sp³-hybridized carbons (Fsp3) is 0.583. The zero-order valence-corrected chi connectivity index (χ0v) is 12.9. The van der Waals surface area contributed by atoms with Crippen LogP contribution in [-0.2, 0) is 4.79 Å². The molecule has 102 valence electrons. The van der Waals surface area contributed by atoms with E-state index in [4.69, 9.17) is 23.2 Å². The molecule has 0 aliphatic carbocycles. The van der Waals surface area contributed by atoms with Crippen molar-refractivity contribution in [1.29, 1.82) is 0 Å². The predicted molar refractivity (Wildman–Crippen MR) is 76.8 cm³/mol. The summed E-state index contributed by atoms with van der Waals surface area (Å²) >= 11 is 13.3. The Morgan fingerprint density at radius 3 is 2.61 bits per heavy atom. The first-order valence-corrected chi connectivity index (χ1v) is 7.33. The van der Waals surface area contributed by atoms with E-state index in [1.807, 2.05) is 13.8 Å². The van der Waals surface area contributed by atoms with Crippen LogP contribution in [0.4, 0.5) is 0 Å². The maximum absolute atomic E-state index is 11.3. The lowest BCUT2D eigenvalue weighted by molar-refractivity contribution is -0.144. The quantitative estimate of drug-likeness (QED) is 0.821. The molecule has 2 atom stereocenters. The summed E-state index contributed by atoms with van der Waals surface area (Å²) in [6.45, 7) is 5.54. The molecule has 6 heteroatoms. The first-order valence-electron chi connectivity index (χ1n) is 5.76. The molecule has 0 radical (unpaired) electrons. The molecule has 1 rings (SSSR count). The van der Waals surface area contributed by atoms with Crippen molar-refractivity contribution < 1.29 is 9.90 Å². The van der Waals surface area contributed by atoms with Gasteiger partial charge in [-0.3, -0.25) is 10.1 Å². The van der Waals surface area contributed by atoms with E-state index in [0.29, 0.717) is 15.1 Å². The largest absolute Gasteiger partial charge is 0.480 e. The van der Waals surface area contributed by atoms with Crippen molar-refractivity contribution in [3.05, 3.63) is 20.3 Å². The van der Waals surface area contributed by atoms with Gasteiger partial charge in [0.2, 0.25) is 0 Å². The smallest absolute Gasteiger partial charge is 0.323 e. The van der Waals surface area contributed by atoms with Gasteiger partial charge in [-0.25, -0.2) is 0 Å². The molecule has 0 aromatic carbocycles. The number of nitrogens with one attached hydrogen (secondary N) is 1. The van der Waals surface area contributed by atoms with E-state index in [1.54, 1.807) is 13.0 Å². The molecule has 0 aliphatic rings. The molecule has 2 unspecified atom stereocenters. The Hall–Kier alpha value is -0.290. The standard InChI is InChI=1S/C12H17Cl2NO2S/c1-4-5-12(3,11(16)17)15-7(2)8-6-9(13)18-10(8)14/h6-7,15H,4-5H2,1-3H3,(H,16,17). The van der Waals surface area contributed by atoms with E-state index in [-0.39, 0.29) is 6.04 Å². The zero-order valence-electron chi connectivity index (χ0n) is 10.6. The Labute approximate surface area is 121 Å². The molecule has 0 aliphatic heterocycles. The monoisotopic (exact) mass is 309 g/mol. The number of halogens is 2. The van der Waals surface area contributed by atoms with Gasteiger partial charge >= 0.3 is 5.97 Å². The van der Waals surface area contributed by atoms with Crippen LogP contribution in [0.3, 0.4) is 0 Å². The third-order valence-corrected chi connectivity index (χ3v) is 4.42. The number of rotatable bonds is 6. The van der Waals surface area contributed by atoms with Crippen LogP contribution in [0, 0.1) is 0 Å². The minimum Gasteiger partial charge on any atom is -0.480 e. The molecule has 2 N–H and O–H groups in total. The fourth-order valence-corrected chi connectivity index (χ4v) is 3.59. The van der Waals surface area contributed by atoms with Gasteiger partial charge in [-0.05, 0) is 31.9 Å². The first-order chi connectivity index (χ1) is 8.30. The SMILES string of the molecule is CCCC(C)(NC(C)c1cc(Cl)sc1Cl)C(=O)O. The van der Waals surface area contributed by atoms with Crippen LogP contribution < -0.4 is 5.32 Å². The molecule has 0 fully saturated rings. The third-order valence-electron chi connectivity index (χ3n) is 2.91. The van der Waals surface area contributed by atoms with Gasteiger partial charge in [0.1, 0.15) is 5.54 Å². The molecular weight excluding hydrogens is 293 g/mol. The minimum atomic E-state index is -0.952. The van der Waals surface area contributed by atoms with Gasteiger partial charge < -0.3 is 5.11 Å². The predicted octanol–water partition coefficient (Wildman–Crippen LogP) is 4.35. The molecule has 0 bridgehead atoms. The Bertz CT molecular complexity index is 436. The van der Waals surface area contributed by atoms with Gasteiger partial charge in [-0.15, -0.1) is 11.3 Å². The highest BCUT2D eigenvalue weighted by Crippen LogP contribution is 2.35. The number of aliphatic carboxylic acids is 1. The van der Waals surface area contributed by atoms with Crippen LogP contribution in [0.1, 0.15) is 45.2 Å². The van der Waals surface area contributed by atoms with E-state index < -0.39 is 11.5 Å². The lowest BCUT2D eigenvalue weighted by atomic mass is 9.94. The highest BCUT2D eigenvalue weighted by atomic mass is 35.5. The summed E-state index contributed by atoms with van der Waals surface area (Å²) in [7, 11) is 0. The summed E-state index contributed by atoms with van der Waals surface area (Å²) in [6.07, 6.45) is 1.35. The molecule has 3 nitrogen and oxygen atoms in total. The number of carbonyl (C=O) groups is 1. The van der Waals surface area contributed by atoms with Crippen molar-refractivity contribution in [2.45, 2.75) is 45.2 Å². The Morgan fingerprint density at radius 1 is 1.61 bits per heavy atom. The maximum Gasteiger partial charge on any atom is 0.323 e. The number of carboxylic acid groups (broad SMARTS) is 1. The van der Waals surface area contributed by atoms with Crippen molar-refractivity contribution in [1.82, 2.24) is 5.32 Å². The summed E-state index contributed by atoms with van der Waals surface area (Å²) in [4.78, 5) is 11.3. The van der Waals surface area contributed by atoms with Crippen LogP contribution >= 0.6 is 34.5 Å². The second-order valence-corrected chi connectivity index (χ2v) is 6.82. The van der Waals surface area contributed by atoms with Crippen LogP contribution in [0.15, 0.2) is 6.07 Å². The lowest BCUT2D eigenvalue weighted by Gasteiger charge is -2.29. The summed E-state index contributed by atoms with van der Waals surface area (Å²) in [6, 6.07) is 1.62. The summed E-state index contributed by atoms with van der Waals surface area (Å²) in [5.74, 6) is -0.853. The highest BCUT2D eigenvalue weighted by Gasteiger charge is 2.34. The highest BCUT2D eigenvalue weighted by molar-refractivity contribution is 7.20. The van der Waals surface area contributed by atoms with Crippen LogP contribution in [-0.4, -0.2) is 16.6 Å². The van der Waals surface area contributed by atoms with E-state index in [1.165, 1.54) is 11.3 Å². The number of carboxylic acids is 1. The summed E-state index contributed by atoms with van der Waals surface area (Å²) < 4.78 is 1.21. The molecule has 0 spiro atoms. The van der Waals surface area contributed by atoms with Crippen molar-refractivity contribution in [3.8, 4) is 0 Å². The van der Waals surface area contributed by atoms with Gasteiger partial charge in [0.05, 0.1) is 8.67 Å². The van der Waals surface area contributed by atoms with Gasteiger partial charge in [-0.2, -0.15) is 0 Å². The lowest BCUT2D eigenvalue weighted by Crippen LogP contribution is -2.50. The zero-order chi connectivity index (χ0) is 13.9. The van der Waals surface area contributed by atoms with E-state index in [0.717, 1.165) is 12.0 Å². The number of thiophene rings is 1. The molecule has 1 aromatic rings. The third kappa shape index (κ3) is 3.60. The Kier molecular flexibility index (Phi) is 5.46. The summed E-state index contributed by atoms with van der Waals surface area (Å²) in [5.41, 5.74) is -0.110. The molecule has 0 saturated heterocycles. The van der Waals surface area contributed by atoms with Gasteiger partial charge in [0.25, 0.3) is 0 Å². The maximum atomic E-state index is 11.3. The Balaban J connectivity index is 2.88. The molecule has 18 heavy (non-hydrogen) atoms. The van der Waals surface area contributed by atoms with Crippen LogP contribution in [0.2, 0.25) is 8.67 Å². The average Bonchev–Trinajstić information content (AvgIpc) is 2.57. The van der Waals surface area contributed by atoms with E-state index in [2.05, 4.69) is 5.32 Å². The molecule has 1 heterocycles. The normalized spacial score (nSPS) is 16.3. The molecule has 0 saturated carbocycles. The number of hydrogen-bond donors (Lipinski definition) is 2. The molecule has 1 aromatic heterocycles. The van der Waals surface area contributed by atoms with Gasteiger partial charge in [0.15, 0.2) is 0 Å². The summed E-state index contributed by atoms with van der Waals surface area (Å²) in [5, 5.41) is 12.4. The van der Waals surface area contributed by atoms with Crippen LogP contribution in [0.5, 0.6) is 0 Å². The minimum absolute atomic E-state index is 0.158. The van der Waals surface area contributed by atoms with Crippen LogP contribution in [0.25, 0.3) is 0 Å².